The fourth-order valence-electron chi connectivity index (χ4n) is 1.84. The first-order valence-electron chi connectivity index (χ1n) is 5.06. The third-order valence-corrected chi connectivity index (χ3v) is 3.86. The quantitative estimate of drug-likeness (QED) is 0.614. The zero-order chi connectivity index (χ0) is 12.6. The number of carbonyl (C=O) groups is 2. The molecular formula is C12H10Cl2O3. The van der Waals surface area contributed by atoms with Gasteiger partial charge < -0.3 is 4.74 Å². The van der Waals surface area contributed by atoms with Crippen molar-refractivity contribution < 1.29 is 14.3 Å². The van der Waals surface area contributed by atoms with Crippen LogP contribution in [0.4, 0.5) is 0 Å². The Hall–Kier alpha value is -1.06. The fraction of sp³-hybridized carbons (Fsp3) is 0.333. The average Bonchev–Trinajstić information content (AvgIpc) is 2.34. The zero-order valence-corrected chi connectivity index (χ0v) is 10.6. The second-order valence-corrected chi connectivity index (χ2v) is 5.31. The maximum Gasteiger partial charge on any atom is 0.337 e. The summed E-state index contributed by atoms with van der Waals surface area (Å²) >= 11 is 11.8. The van der Waals surface area contributed by atoms with E-state index in [2.05, 4.69) is 4.74 Å². The first-order valence-corrected chi connectivity index (χ1v) is 5.82. The van der Waals surface area contributed by atoms with E-state index in [1.54, 1.807) is 24.3 Å². The van der Waals surface area contributed by atoms with Crippen LogP contribution in [-0.4, -0.2) is 23.2 Å². The Morgan fingerprint density at radius 2 is 2.18 bits per heavy atom. The molecule has 2 rings (SSSR count). The van der Waals surface area contributed by atoms with Crippen molar-refractivity contribution in [3.8, 4) is 0 Å². The van der Waals surface area contributed by atoms with Gasteiger partial charge in [-0.15, -0.1) is 0 Å². The van der Waals surface area contributed by atoms with Gasteiger partial charge in [0.2, 0.25) is 0 Å². The van der Waals surface area contributed by atoms with Crippen LogP contribution >= 0.6 is 23.2 Å². The summed E-state index contributed by atoms with van der Waals surface area (Å²) in [5.74, 6) is -0.871. The van der Waals surface area contributed by atoms with Gasteiger partial charge in [0.05, 0.1) is 12.7 Å². The highest BCUT2D eigenvalue weighted by molar-refractivity contribution is 6.61. The Labute approximate surface area is 109 Å². The summed E-state index contributed by atoms with van der Waals surface area (Å²) in [5.41, 5.74) is 1.20. The molecule has 1 fully saturated rings. The number of ketones is 1. The number of alkyl halides is 2. The molecule has 1 atom stereocenters. The molecule has 1 aliphatic carbocycles. The zero-order valence-electron chi connectivity index (χ0n) is 9.07. The molecule has 0 aromatic heterocycles. The Morgan fingerprint density at radius 3 is 2.71 bits per heavy atom. The summed E-state index contributed by atoms with van der Waals surface area (Å²) in [6.45, 7) is 0. The van der Waals surface area contributed by atoms with Gasteiger partial charge in [-0.25, -0.2) is 4.79 Å². The topological polar surface area (TPSA) is 43.4 Å². The number of Topliss-reactive ketones (excluding diaryl/α,β-unsaturated/α-hetero) is 1. The second-order valence-electron chi connectivity index (χ2n) is 3.92. The highest BCUT2D eigenvalue weighted by atomic mass is 35.5. The second kappa shape index (κ2) is 4.31. The number of rotatable bonds is 2. The van der Waals surface area contributed by atoms with Gasteiger partial charge in [-0.05, 0) is 17.7 Å². The van der Waals surface area contributed by atoms with Crippen LogP contribution in [0.3, 0.4) is 0 Å². The lowest BCUT2D eigenvalue weighted by Crippen LogP contribution is -2.45. The Morgan fingerprint density at radius 1 is 1.47 bits per heavy atom. The Kier molecular flexibility index (Phi) is 3.15. The maximum atomic E-state index is 11.4. The number of benzene rings is 1. The first kappa shape index (κ1) is 12.4. The molecule has 0 N–H and O–H groups in total. The number of ether oxygens (including phenoxy) is 1. The molecule has 0 spiro atoms. The molecule has 90 valence electrons. The van der Waals surface area contributed by atoms with Crippen LogP contribution in [0.2, 0.25) is 0 Å². The number of carbonyl (C=O) groups excluding carboxylic acids is 2. The molecule has 3 nitrogen and oxygen atoms in total. The van der Waals surface area contributed by atoms with Crippen LogP contribution in [-0.2, 0) is 9.53 Å². The summed E-state index contributed by atoms with van der Waals surface area (Å²) in [7, 11) is 1.31. The van der Waals surface area contributed by atoms with Crippen LogP contribution in [0, 0.1) is 0 Å². The molecule has 0 amide bonds. The molecule has 1 aromatic rings. The minimum absolute atomic E-state index is 0.186. The van der Waals surface area contributed by atoms with Crippen molar-refractivity contribution >= 4 is 35.0 Å². The lowest BCUT2D eigenvalue weighted by atomic mass is 9.77. The Balaban J connectivity index is 2.29. The summed E-state index contributed by atoms with van der Waals surface area (Å²) in [5, 5.41) is 0. The molecule has 17 heavy (non-hydrogen) atoms. The molecule has 5 heteroatoms. The predicted molar refractivity (Wildman–Crippen MR) is 64.6 cm³/mol. The number of halogens is 2. The van der Waals surface area contributed by atoms with Crippen LogP contribution in [0.1, 0.15) is 28.3 Å². The van der Waals surface area contributed by atoms with E-state index in [0.717, 1.165) is 5.56 Å². The van der Waals surface area contributed by atoms with E-state index in [1.807, 2.05) is 0 Å². The third-order valence-electron chi connectivity index (χ3n) is 2.91. The van der Waals surface area contributed by atoms with E-state index < -0.39 is 10.3 Å². The predicted octanol–water partition coefficient (Wildman–Crippen LogP) is 2.70. The van der Waals surface area contributed by atoms with Crippen LogP contribution in [0.15, 0.2) is 24.3 Å². The molecular weight excluding hydrogens is 263 g/mol. The summed E-state index contributed by atoms with van der Waals surface area (Å²) in [4.78, 5) is 22.6. The number of hydrogen-bond donors (Lipinski definition) is 0. The van der Waals surface area contributed by atoms with Crippen molar-refractivity contribution in [1.29, 1.82) is 0 Å². The van der Waals surface area contributed by atoms with Crippen molar-refractivity contribution in [2.24, 2.45) is 0 Å². The average molecular weight is 273 g/mol. The largest absolute Gasteiger partial charge is 0.465 e. The van der Waals surface area contributed by atoms with Crippen molar-refractivity contribution in [3.05, 3.63) is 35.4 Å². The van der Waals surface area contributed by atoms with E-state index in [1.165, 1.54) is 7.11 Å². The van der Waals surface area contributed by atoms with Gasteiger partial charge in [-0.2, -0.15) is 0 Å². The molecule has 1 unspecified atom stereocenters. The summed E-state index contributed by atoms with van der Waals surface area (Å²) in [6, 6.07) is 6.81. The van der Waals surface area contributed by atoms with E-state index in [0.29, 0.717) is 12.0 Å². The van der Waals surface area contributed by atoms with Gasteiger partial charge in [0, 0.05) is 12.3 Å². The minimum Gasteiger partial charge on any atom is -0.465 e. The molecule has 0 heterocycles. The van der Waals surface area contributed by atoms with Crippen molar-refractivity contribution in [2.45, 2.75) is 16.7 Å². The van der Waals surface area contributed by atoms with Gasteiger partial charge >= 0.3 is 5.97 Å². The third kappa shape index (κ3) is 2.05. The van der Waals surface area contributed by atoms with Crippen molar-refractivity contribution in [1.82, 2.24) is 0 Å². The lowest BCUT2D eigenvalue weighted by molar-refractivity contribution is -0.125. The van der Waals surface area contributed by atoms with Gasteiger partial charge in [0.15, 0.2) is 10.1 Å². The van der Waals surface area contributed by atoms with E-state index in [9.17, 15) is 9.59 Å². The van der Waals surface area contributed by atoms with Crippen molar-refractivity contribution in [3.63, 3.8) is 0 Å². The molecule has 0 aliphatic heterocycles. The summed E-state index contributed by atoms with van der Waals surface area (Å²) < 4.78 is 3.26. The number of methoxy groups -OCH3 is 1. The van der Waals surface area contributed by atoms with Gasteiger partial charge in [-0.3, -0.25) is 4.79 Å². The lowest BCUT2D eigenvalue weighted by Gasteiger charge is -2.38. The molecule has 0 bridgehead atoms. The fourth-order valence-corrected chi connectivity index (χ4v) is 2.40. The molecule has 1 aromatic carbocycles. The Bertz CT molecular complexity index is 482. The van der Waals surface area contributed by atoms with Crippen LogP contribution < -0.4 is 0 Å². The monoisotopic (exact) mass is 272 g/mol. The number of hydrogen-bond acceptors (Lipinski definition) is 3. The van der Waals surface area contributed by atoms with Crippen LogP contribution in [0.5, 0.6) is 0 Å². The van der Waals surface area contributed by atoms with E-state index in [4.69, 9.17) is 23.2 Å². The standard InChI is InChI=1S/C12H10Cl2O3/c1-17-11(16)8-4-2-3-7(5-8)9-6-10(15)12(9,13)14/h2-5,9H,6H2,1H3. The SMILES string of the molecule is COC(=O)c1cccc(C2CC(=O)C2(Cl)Cl)c1. The molecule has 1 saturated carbocycles. The smallest absolute Gasteiger partial charge is 0.337 e. The first-order chi connectivity index (χ1) is 7.96. The molecule has 0 radical (unpaired) electrons. The van der Waals surface area contributed by atoms with Crippen LogP contribution in [0.25, 0.3) is 0 Å². The van der Waals surface area contributed by atoms with Crippen molar-refractivity contribution in [2.75, 3.05) is 7.11 Å². The summed E-state index contributed by atoms with van der Waals surface area (Å²) in [6.07, 6.45) is 0.303. The molecule has 0 saturated heterocycles. The normalized spacial score (nSPS) is 21.8. The van der Waals surface area contributed by atoms with Gasteiger partial charge in [0.1, 0.15) is 0 Å². The van der Waals surface area contributed by atoms with E-state index >= 15 is 0 Å². The highest BCUT2D eigenvalue weighted by Crippen LogP contribution is 2.50. The van der Waals surface area contributed by atoms with Gasteiger partial charge in [-0.1, -0.05) is 35.3 Å². The highest BCUT2D eigenvalue weighted by Gasteiger charge is 2.53. The maximum absolute atomic E-state index is 11.4. The number of esters is 1. The van der Waals surface area contributed by atoms with Gasteiger partial charge in [0.25, 0.3) is 0 Å². The molecule has 1 aliphatic rings. The minimum atomic E-state index is -1.37. The van der Waals surface area contributed by atoms with E-state index in [-0.39, 0.29) is 11.7 Å².